The molecule has 2 aromatic rings. The van der Waals surface area contributed by atoms with Gasteiger partial charge in [-0.1, -0.05) is 51.1 Å². The molecule has 2 rings (SSSR count). The van der Waals surface area contributed by atoms with Crippen LogP contribution >= 0.6 is 0 Å². The summed E-state index contributed by atoms with van der Waals surface area (Å²) in [5, 5.41) is 1.77. The first-order chi connectivity index (χ1) is 10.6. The van der Waals surface area contributed by atoms with Gasteiger partial charge in [-0.2, -0.15) is 4.72 Å². The molecule has 124 valence electrons. The Kier molecular flexibility index (Phi) is 4.77. The number of benzene rings is 2. The molecule has 0 amide bonds. The molecule has 0 aromatic heterocycles. The lowest BCUT2D eigenvalue weighted by Crippen LogP contribution is -2.49. The van der Waals surface area contributed by atoms with Crippen molar-refractivity contribution in [3.63, 3.8) is 0 Å². The van der Waals surface area contributed by atoms with Crippen LogP contribution in [-0.4, -0.2) is 27.5 Å². The molecule has 0 aliphatic carbocycles. The number of rotatable bonds is 4. The summed E-state index contributed by atoms with van der Waals surface area (Å²) in [6, 6.07) is 11.4. The second-order valence-corrected chi connectivity index (χ2v) is 8.17. The zero-order valence-corrected chi connectivity index (χ0v) is 14.5. The van der Waals surface area contributed by atoms with E-state index in [1.54, 1.807) is 32.9 Å². The van der Waals surface area contributed by atoms with Crippen LogP contribution in [0.5, 0.6) is 0 Å². The molecule has 0 saturated heterocycles. The summed E-state index contributed by atoms with van der Waals surface area (Å²) in [6.45, 7) is 5.33. The van der Waals surface area contributed by atoms with Crippen molar-refractivity contribution < 1.29 is 17.9 Å². The fourth-order valence-electron chi connectivity index (χ4n) is 2.25. The minimum Gasteiger partial charge on any atom is -0.468 e. The Bertz CT molecular complexity index is 822. The lowest BCUT2D eigenvalue weighted by molar-refractivity contribution is -0.145. The Morgan fingerprint density at radius 3 is 2.26 bits per heavy atom. The number of ether oxygens (including phenoxy) is 1. The molecule has 2 aromatic carbocycles. The van der Waals surface area contributed by atoms with Gasteiger partial charge >= 0.3 is 5.97 Å². The highest BCUT2D eigenvalue weighted by Gasteiger charge is 2.36. The maximum atomic E-state index is 12.6. The average molecular weight is 335 g/mol. The summed E-state index contributed by atoms with van der Waals surface area (Å²) in [5.74, 6) is -0.609. The second kappa shape index (κ2) is 6.29. The molecule has 0 spiro atoms. The van der Waals surface area contributed by atoms with E-state index < -0.39 is 27.4 Å². The first-order valence-corrected chi connectivity index (χ1v) is 8.72. The standard InChI is InChI=1S/C17H21NO4S/c1-17(2,3)15(16(19)22-4)18-23(20,21)14-10-9-12-7-5-6-8-13(12)11-14/h5-11,15,18H,1-4H3. The molecule has 1 unspecified atom stereocenters. The van der Waals surface area contributed by atoms with Crippen molar-refractivity contribution in [2.75, 3.05) is 7.11 Å². The SMILES string of the molecule is COC(=O)C(NS(=O)(=O)c1ccc2ccccc2c1)C(C)(C)C. The van der Waals surface area contributed by atoms with Gasteiger partial charge in [-0.3, -0.25) is 4.79 Å². The van der Waals surface area contributed by atoms with Crippen molar-refractivity contribution in [2.24, 2.45) is 5.41 Å². The third-order valence-corrected chi connectivity index (χ3v) is 5.03. The monoisotopic (exact) mass is 335 g/mol. The maximum absolute atomic E-state index is 12.6. The van der Waals surface area contributed by atoms with Crippen LogP contribution in [0.15, 0.2) is 47.4 Å². The minimum absolute atomic E-state index is 0.120. The molecule has 1 N–H and O–H groups in total. The van der Waals surface area contributed by atoms with Crippen molar-refractivity contribution in [2.45, 2.75) is 31.7 Å². The molecule has 0 radical (unpaired) electrons. The van der Waals surface area contributed by atoms with E-state index in [2.05, 4.69) is 4.72 Å². The molecule has 0 bridgehead atoms. The van der Waals surface area contributed by atoms with Crippen LogP contribution in [0.4, 0.5) is 0 Å². The average Bonchev–Trinajstić information content (AvgIpc) is 2.50. The van der Waals surface area contributed by atoms with Gasteiger partial charge in [0.25, 0.3) is 0 Å². The summed E-state index contributed by atoms with van der Waals surface area (Å²) in [5.41, 5.74) is -0.614. The topological polar surface area (TPSA) is 72.5 Å². The Balaban J connectivity index is 2.41. The predicted molar refractivity (Wildman–Crippen MR) is 89.5 cm³/mol. The van der Waals surface area contributed by atoms with E-state index in [0.717, 1.165) is 10.8 Å². The largest absolute Gasteiger partial charge is 0.468 e. The third kappa shape index (κ3) is 3.89. The van der Waals surface area contributed by atoms with Crippen LogP contribution in [0.1, 0.15) is 20.8 Å². The van der Waals surface area contributed by atoms with Crippen LogP contribution < -0.4 is 4.72 Å². The number of methoxy groups -OCH3 is 1. The molecule has 0 heterocycles. The summed E-state index contributed by atoms with van der Waals surface area (Å²) in [6.07, 6.45) is 0. The predicted octanol–water partition coefficient (Wildman–Crippen LogP) is 2.71. The number of fused-ring (bicyclic) bond motifs is 1. The van der Waals surface area contributed by atoms with Gasteiger partial charge in [-0.15, -0.1) is 0 Å². The molecule has 1 atom stereocenters. The van der Waals surface area contributed by atoms with Crippen molar-refractivity contribution in [3.05, 3.63) is 42.5 Å². The summed E-state index contributed by atoms with van der Waals surface area (Å²) in [7, 11) is -2.60. The highest BCUT2D eigenvalue weighted by atomic mass is 32.2. The number of hydrogen-bond donors (Lipinski definition) is 1. The minimum atomic E-state index is -3.84. The van der Waals surface area contributed by atoms with E-state index in [9.17, 15) is 13.2 Å². The smallest absolute Gasteiger partial charge is 0.324 e. The first-order valence-electron chi connectivity index (χ1n) is 7.24. The Morgan fingerprint density at radius 2 is 1.70 bits per heavy atom. The van der Waals surface area contributed by atoms with Crippen molar-refractivity contribution in [3.8, 4) is 0 Å². The third-order valence-electron chi connectivity index (χ3n) is 3.61. The highest BCUT2D eigenvalue weighted by molar-refractivity contribution is 7.89. The van der Waals surface area contributed by atoms with E-state index in [1.165, 1.54) is 13.2 Å². The molecule has 0 saturated carbocycles. The van der Waals surface area contributed by atoms with Gasteiger partial charge < -0.3 is 4.74 Å². The van der Waals surface area contributed by atoms with Crippen molar-refractivity contribution >= 4 is 26.8 Å². The Hall–Kier alpha value is -1.92. The molecule has 0 aliphatic rings. The van der Waals surface area contributed by atoms with Crippen LogP contribution in [0.25, 0.3) is 10.8 Å². The van der Waals surface area contributed by atoms with E-state index in [4.69, 9.17) is 4.74 Å². The molecule has 5 nitrogen and oxygen atoms in total. The number of carbonyl (C=O) groups is 1. The van der Waals surface area contributed by atoms with Gasteiger partial charge in [0.1, 0.15) is 6.04 Å². The number of nitrogens with one attached hydrogen (secondary N) is 1. The fraction of sp³-hybridized carbons (Fsp3) is 0.353. The van der Waals surface area contributed by atoms with Crippen LogP contribution in [-0.2, 0) is 19.6 Å². The number of esters is 1. The van der Waals surface area contributed by atoms with Crippen LogP contribution in [0.3, 0.4) is 0 Å². The number of sulfonamides is 1. The molecule has 6 heteroatoms. The van der Waals surface area contributed by atoms with Crippen molar-refractivity contribution in [1.29, 1.82) is 0 Å². The van der Waals surface area contributed by atoms with E-state index >= 15 is 0 Å². The van der Waals surface area contributed by atoms with E-state index in [-0.39, 0.29) is 4.90 Å². The normalized spacial score (nSPS) is 13.7. The molecule has 0 aliphatic heterocycles. The van der Waals surface area contributed by atoms with Crippen LogP contribution in [0, 0.1) is 5.41 Å². The van der Waals surface area contributed by atoms with Gasteiger partial charge in [0, 0.05) is 0 Å². The lowest BCUT2D eigenvalue weighted by atomic mass is 9.87. The number of hydrogen-bond acceptors (Lipinski definition) is 4. The zero-order chi connectivity index (χ0) is 17.3. The molecule has 0 fully saturated rings. The zero-order valence-electron chi connectivity index (χ0n) is 13.7. The first kappa shape index (κ1) is 17.4. The Morgan fingerprint density at radius 1 is 1.09 bits per heavy atom. The van der Waals surface area contributed by atoms with Gasteiger partial charge in [-0.25, -0.2) is 8.42 Å². The van der Waals surface area contributed by atoms with Gasteiger partial charge in [0.05, 0.1) is 12.0 Å². The second-order valence-electron chi connectivity index (χ2n) is 6.45. The fourth-order valence-corrected chi connectivity index (χ4v) is 3.68. The lowest BCUT2D eigenvalue weighted by Gasteiger charge is -2.28. The molecular weight excluding hydrogens is 314 g/mol. The summed E-state index contributed by atoms with van der Waals surface area (Å²) >= 11 is 0. The maximum Gasteiger partial charge on any atom is 0.324 e. The van der Waals surface area contributed by atoms with E-state index in [1.807, 2.05) is 24.3 Å². The van der Waals surface area contributed by atoms with E-state index in [0.29, 0.717) is 0 Å². The van der Waals surface area contributed by atoms with Crippen molar-refractivity contribution in [1.82, 2.24) is 4.72 Å². The van der Waals surface area contributed by atoms with Crippen LogP contribution in [0.2, 0.25) is 0 Å². The van der Waals surface area contributed by atoms with Gasteiger partial charge in [0.2, 0.25) is 10.0 Å². The summed E-state index contributed by atoms with van der Waals surface area (Å²) in [4.78, 5) is 12.1. The molecule has 23 heavy (non-hydrogen) atoms. The van der Waals surface area contributed by atoms with Gasteiger partial charge in [-0.05, 0) is 28.3 Å². The number of carbonyl (C=O) groups excluding carboxylic acids is 1. The van der Waals surface area contributed by atoms with Gasteiger partial charge in [0.15, 0.2) is 0 Å². The quantitative estimate of drug-likeness (QED) is 0.872. The summed E-state index contributed by atoms with van der Waals surface area (Å²) < 4.78 is 32.5. The highest BCUT2D eigenvalue weighted by Crippen LogP contribution is 2.24. The Labute approximate surface area is 136 Å². The molecular formula is C17H21NO4S.